The molecular weight excluding hydrogens is 266 g/mol. The van der Waals surface area contributed by atoms with E-state index in [1.807, 2.05) is 25.4 Å². The Hall–Kier alpha value is -1.13. The average Bonchev–Trinajstić information content (AvgIpc) is 2.67. The number of halogens is 1. The summed E-state index contributed by atoms with van der Waals surface area (Å²) < 4.78 is 3.15. The summed E-state index contributed by atoms with van der Waals surface area (Å²) in [6.07, 6.45) is 4.65. The molecule has 84 valence electrons. The predicted molar refractivity (Wildman–Crippen MR) is 68.8 cm³/mol. The molecule has 0 fully saturated rings. The van der Waals surface area contributed by atoms with Crippen molar-refractivity contribution in [2.75, 3.05) is 6.54 Å². The molecule has 3 nitrogen and oxygen atoms in total. The Morgan fingerprint density at radius 3 is 2.88 bits per heavy atom. The zero-order valence-corrected chi connectivity index (χ0v) is 10.7. The maximum absolute atomic E-state index is 5.62. The molecule has 2 rings (SSSR count). The van der Waals surface area contributed by atoms with Crippen molar-refractivity contribution in [3.05, 3.63) is 46.5 Å². The van der Waals surface area contributed by atoms with Gasteiger partial charge < -0.3 is 10.3 Å². The van der Waals surface area contributed by atoms with Gasteiger partial charge in [-0.25, -0.2) is 4.98 Å². The summed E-state index contributed by atoms with van der Waals surface area (Å²) in [6, 6.07) is 6.24. The van der Waals surface area contributed by atoms with Gasteiger partial charge in [0.25, 0.3) is 0 Å². The van der Waals surface area contributed by atoms with Crippen molar-refractivity contribution in [1.29, 1.82) is 0 Å². The lowest BCUT2D eigenvalue weighted by Crippen LogP contribution is -2.07. The highest BCUT2D eigenvalue weighted by molar-refractivity contribution is 9.10. The molecule has 0 aliphatic carbocycles. The Bertz CT molecular complexity index is 491. The highest BCUT2D eigenvalue weighted by Crippen LogP contribution is 2.21. The summed E-state index contributed by atoms with van der Waals surface area (Å²) in [6.45, 7) is 2.65. The van der Waals surface area contributed by atoms with E-state index in [0.29, 0.717) is 6.54 Å². The second kappa shape index (κ2) is 4.80. The lowest BCUT2D eigenvalue weighted by molar-refractivity contribution is 0.911. The third-order valence-corrected chi connectivity index (χ3v) is 3.04. The van der Waals surface area contributed by atoms with Crippen LogP contribution in [0.3, 0.4) is 0 Å². The number of hydrogen-bond donors (Lipinski definition) is 1. The molecule has 0 unspecified atom stereocenters. The lowest BCUT2D eigenvalue weighted by Gasteiger charge is -2.11. The van der Waals surface area contributed by atoms with Crippen LogP contribution in [0.1, 0.15) is 11.4 Å². The first-order valence-corrected chi connectivity index (χ1v) is 6.00. The summed E-state index contributed by atoms with van der Waals surface area (Å²) in [5, 5.41) is 0. The Kier molecular flexibility index (Phi) is 3.41. The van der Waals surface area contributed by atoms with Gasteiger partial charge in [-0.1, -0.05) is 22.0 Å². The molecule has 0 spiro atoms. The van der Waals surface area contributed by atoms with Crippen LogP contribution in [0.2, 0.25) is 0 Å². The Morgan fingerprint density at radius 2 is 2.25 bits per heavy atom. The van der Waals surface area contributed by atoms with E-state index in [9.17, 15) is 0 Å². The molecule has 0 radical (unpaired) electrons. The monoisotopic (exact) mass is 279 g/mol. The SMILES string of the molecule is Cc1nccn1-c1cc(Br)ccc1CCN. The van der Waals surface area contributed by atoms with Crippen molar-refractivity contribution >= 4 is 15.9 Å². The van der Waals surface area contributed by atoms with E-state index in [1.165, 1.54) is 5.56 Å². The number of aryl methyl sites for hydroxylation is 1. The average molecular weight is 280 g/mol. The fourth-order valence-corrected chi connectivity index (χ4v) is 2.11. The minimum absolute atomic E-state index is 0.655. The number of rotatable bonds is 3. The van der Waals surface area contributed by atoms with E-state index in [-0.39, 0.29) is 0 Å². The van der Waals surface area contributed by atoms with E-state index in [1.54, 1.807) is 0 Å². The number of hydrogen-bond acceptors (Lipinski definition) is 2. The standard InChI is InChI=1S/C12H14BrN3/c1-9-15-6-7-16(9)12-8-11(13)3-2-10(12)4-5-14/h2-3,6-8H,4-5,14H2,1H3. The first kappa shape index (κ1) is 11.4. The zero-order valence-electron chi connectivity index (χ0n) is 9.15. The summed E-state index contributed by atoms with van der Waals surface area (Å²) in [7, 11) is 0. The van der Waals surface area contributed by atoms with Crippen LogP contribution in [0.4, 0.5) is 0 Å². The molecule has 1 heterocycles. The lowest BCUT2D eigenvalue weighted by atomic mass is 10.1. The normalized spacial score (nSPS) is 10.7. The molecule has 2 aromatic rings. The highest BCUT2D eigenvalue weighted by atomic mass is 79.9. The van der Waals surface area contributed by atoms with Crippen molar-refractivity contribution in [3.63, 3.8) is 0 Å². The first-order chi connectivity index (χ1) is 7.72. The minimum Gasteiger partial charge on any atom is -0.330 e. The van der Waals surface area contributed by atoms with Gasteiger partial charge >= 0.3 is 0 Å². The third kappa shape index (κ3) is 2.18. The van der Waals surface area contributed by atoms with Gasteiger partial charge in [0, 0.05) is 16.9 Å². The van der Waals surface area contributed by atoms with Gasteiger partial charge in [-0.2, -0.15) is 0 Å². The quantitative estimate of drug-likeness (QED) is 0.938. The third-order valence-electron chi connectivity index (χ3n) is 2.55. The van der Waals surface area contributed by atoms with E-state index in [0.717, 1.165) is 22.4 Å². The van der Waals surface area contributed by atoms with Crippen LogP contribution < -0.4 is 5.73 Å². The van der Waals surface area contributed by atoms with Crippen LogP contribution in [-0.2, 0) is 6.42 Å². The van der Waals surface area contributed by atoms with Gasteiger partial charge in [-0.3, -0.25) is 0 Å². The molecule has 0 saturated carbocycles. The number of benzene rings is 1. The molecule has 0 saturated heterocycles. The highest BCUT2D eigenvalue weighted by Gasteiger charge is 2.06. The number of nitrogens with zero attached hydrogens (tertiary/aromatic N) is 2. The fraction of sp³-hybridized carbons (Fsp3) is 0.250. The van der Waals surface area contributed by atoms with Crippen molar-refractivity contribution < 1.29 is 0 Å². The van der Waals surface area contributed by atoms with Crippen LogP contribution in [0.5, 0.6) is 0 Å². The first-order valence-electron chi connectivity index (χ1n) is 5.21. The smallest absolute Gasteiger partial charge is 0.110 e. The molecule has 0 amide bonds. The van der Waals surface area contributed by atoms with E-state index >= 15 is 0 Å². The summed E-state index contributed by atoms with van der Waals surface area (Å²) in [4.78, 5) is 4.24. The fourth-order valence-electron chi connectivity index (χ4n) is 1.76. The van der Waals surface area contributed by atoms with Crippen molar-refractivity contribution in [1.82, 2.24) is 9.55 Å². The number of nitrogens with two attached hydrogens (primary N) is 1. The van der Waals surface area contributed by atoms with Crippen molar-refractivity contribution in [2.45, 2.75) is 13.3 Å². The summed E-state index contributed by atoms with van der Waals surface area (Å²) in [5.41, 5.74) is 8.01. The van der Waals surface area contributed by atoms with Gasteiger partial charge in [-0.15, -0.1) is 0 Å². The molecule has 1 aromatic heterocycles. The Morgan fingerprint density at radius 1 is 1.44 bits per heavy atom. The van der Waals surface area contributed by atoms with Crippen molar-refractivity contribution in [3.8, 4) is 5.69 Å². The molecule has 16 heavy (non-hydrogen) atoms. The van der Waals surface area contributed by atoms with Gasteiger partial charge in [0.05, 0.1) is 5.69 Å². The van der Waals surface area contributed by atoms with Gasteiger partial charge in [-0.05, 0) is 37.6 Å². The number of imidazole rings is 1. The zero-order chi connectivity index (χ0) is 11.5. The van der Waals surface area contributed by atoms with Crippen LogP contribution in [0.15, 0.2) is 35.1 Å². The van der Waals surface area contributed by atoms with Crippen LogP contribution in [-0.4, -0.2) is 16.1 Å². The molecule has 1 aromatic carbocycles. The summed E-state index contributed by atoms with van der Waals surface area (Å²) >= 11 is 3.49. The molecule has 0 aliphatic rings. The van der Waals surface area contributed by atoms with E-state index in [4.69, 9.17) is 5.73 Å². The van der Waals surface area contributed by atoms with Crippen LogP contribution >= 0.6 is 15.9 Å². The maximum Gasteiger partial charge on any atom is 0.110 e. The van der Waals surface area contributed by atoms with E-state index in [2.05, 4.69) is 37.6 Å². The van der Waals surface area contributed by atoms with Gasteiger partial charge in [0.15, 0.2) is 0 Å². The second-order valence-electron chi connectivity index (χ2n) is 3.66. The van der Waals surface area contributed by atoms with Gasteiger partial charge in [0.2, 0.25) is 0 Å². The van der Waals surface area contributed by atoms with Crippen molar-refractivity contribution in [2.24, 2.45) is 5.73 Å². The summed E-state index contributed by atoms with van der Waals surface area (Å²) in [5.74, 6) is 0.983. The molecular formula is C12H14BrN3. The largest absolute Gasteiger partial charge is 0.330 e. The Balaban J connectivity index is 2.53. The Labute approximate surface area is 103 Å². The topological polar surface area (TPSA) is 43.8 Å². The molecule has 0 bridgehead atoms. The van der Waals surface area contributed by atoms with Gasteiger partial charge in [0.1, 0.15) is 5.82 Å². The second-order valence-corrected chi connectivity index (χ2v) is 4.57. The van der Waals surface area contributed by atoms with E-state index < -0.39 is 0 Å². The molecule has 0 aliphatic heterocycles. The maximum atomic E-state index is 5.62. The predicted octanol–water partition coefficient (Wildman–Crippen LogP) is 2.44. The number of aromatic nitrogens is 2. The molecule has 4 heteroatoms. The molecule has 2 N–H and O–H groups in total. The minimum atomic E-state index is 0.655. The van der Waals surface area contributed by atoms with Crippen LogP contribution in [0, 0.1) is 6.92 Å². The molecule has 0 atom stereocenters. The van der Waals surface area contributed by atoms with Crippen LogP contribution in [0.25, 0.3) is 5.69 Å².